The SMILES string of the molecule is CCOc1cc2nc(CC)c(C#N)c(Nc3ccc(OC4CCOCC4)c(Cl)c3)c2cc1NC(=O)/C=C/CN(C)C. The number of likely N-dealkylation sites (N-methyl/N-ethyl adjacent to an activating group) is 1. The van der Waals surface area contributed by atoms with E-state index in [9.17, 15) is 10.1 Å². The smallest absolute Gasteiger partial charge is 0.248 e. The first-order chi connectivity index (χ1) is 19.8. The van der Waals surface area contributed by atoms with Crippen molar-refractivity contribution in [1.29, 1.82) is 5.26 Å². The first kappa shape index (κ1) is 30.1. The number of pyridine rings is 1. The Balaban J connectivity index is 1.73. The van der Waals surface area contributed by atoms with Crippen LogP contribution in [-0.2, 0) is 16.0 Å². The predicted molar refractivity (Wildman–Crippen MR) is 163 cm³/mol. The molecule has 0 radical (unpaired) electrons. The number of nitriles is 1. The van der Waals surface area contributed by atoms with Gasteiger partial charge in [0.1, 0.15) is 23.7 Å². The van der Waals surface area contributed by atoms with Gasteiger partial charge in [0.2, 0.25) is 5.91 Å². The lowest BCUT2D eigenvalue weighted by Gasteiger charge is -2.24. The average Bonchev–Trinajstić information content (AvgIpc) is 2.95. The van der Waals surface area contributed by atoms with Gasteiger partial charge in [-0.05, 0) is 51.7 Å². The van der Waals surface area contributed by atoms with Crippen LogP contribution in [0.5, 0.6) is 11.5 Å². The quantitative estimate of drug-likeness (QED) is 0.264. The van der Waals surface area contributed by atoms with Gasteiger partial charge in [-0.25, -0.2) is 0 Å². The number of nitrogens with zero attached hydrogens (tertiary/aromatic N) is 3. The molecule has 10 heteroatoms. The molecule has 0 bridgehead atoms. The molecule has 2 heterocycles. The summed E-state index contributed by atoms with van der Waals surface area (Å²) in [6.07, 6.45) is 5.53. The summed E-state index contributed by atoms with van der Waals surface area (Å²) in [5, 5.41) is 17.6. The Bertz CT molecular complexity index is 1460. The Morgan fingerprint density at radius 1 is 1.22 bits per heavy atom. The van der Waals surface area contributed by atoms with E-state index < -0.39 is 0 Å². The molecule has 4 rings (SSSR count). The topological polar surface area (TPSA) is 109 Å². The molecule has 2 N–H and O–H groups in total. The van der Waals surface area contributed by atoms with Crippen LogP contribution in [0.4, 0.5) is 17.1 Å². The third-order valence-corrected chi connectivity index (χ3v) is 6.86. The summed E-state index contributed by atoms with van der Waals surface area (Å²) in [7, 11) is 3.86. The van der Waals surface area contributed by atoms with Crippen molar-refractivity contribution in [3.05, 3.63) is 58.8 Å². The van der Waals surface area contributed by atoms with Crippen LogP contribution in [0.25, 0.3) is 10.9 Å². The largest absolute Gasteiger partial charge is 0.492 e. The summed E-state index contributed by atoms with van der Waals surface area (Å²) >= 11 is 6.62. The monoisotopic (exact) mass is 577 g/mol. The highest BCUT2D eigenvalue weighted by Crippen LogP contribution is 2.39. The summed E-state index contributed by atoms with van der Waals surface area (Å²) < 4.78 is 17.4. The number of aryl methyl sites for hydroxylation is 1. The van der Waals surface area contributed by atoms with Crippen molar-refractivity contribution in [2.24, 2.45) is 0 Å². The maximum absolute atomic E-state index is 12.7. The number of rotatable bonds is 11. The van der Waals surface area contributed by atoms with Crippen LogP contribution in [0.3, 0.4) is 0 Å². The van der Waals surface area contributed by atoms with Gasteiger partial charge in [0, 0.05) is 42.6 Å². The minimum atomic E-state index is -0.285. The minimum absolute atomic E-state index is 0.0624. The van der Waals surface area contributed by atoms with Crippen LogP contribution in [0.2, 0.25) is 5.02 Å². The Hall–Kier alpha value is -3.84. The zero-order valence-electron chi connectivity index (χ0n) is 23.9. The molecule has 0 atom stereocenters. The van der Waals surface area contributed by atoms with Crippen LogP contribution < -0.4 is 20.1 Å². The van der Waals surface area contributed by atoms with Gasteiger partial charge in [-0.3, -0.25) is 9.78 Å². The van der Waals surface area contributed by atoms with E-state index in [4.69, 9.17) is 30.8 Å². The summed E-state index contributed by atoms with van der Waals surface area (Å²) in [5.74, 6) is 0.816. The van der Waals surface area contributed by atoms with Gasteiger partial charge in [-0.1, -0.05) is 24.6 Å². The van der Waals surface area contributed by atoms with E-state index in [0.717, 1.165) is 12.8 Å². The van der Waals surface area contributed by atoms with E-state index in [-0.39, 0.29) is 12.0 Å². The zero-order chi connectivity index (χ0) is 29.4. The molecule has 2 aromatic carbocycles. The fraction of sp³-hybridized carbons (Fsp3) is 0.387. The van der Waals surface area contributed by atoms with E-state index >= 15 is 0 Å². The number of ether oxygens (including phenoxy) is 3. The molecule has 1 saturated heterocycles. The molecule has 216 valence electrons. The third kappa shape index (κ3) is 7.67. The fourth-order valence-electron chi connectivity index (χ4n) is 4.56. The summed E-state index contributed by atoms with van der Waals surface area (Å²) in [6, 6.07) is 11.4. The summed E-state index contributed by atoms with van der Waals surface area (Å²) in [5.41, 5.74) is 3.45. The number of carbonyl (C=O) groups excluding carboxylic acids is 1. The molecule has 1 aromatic heterocycles. The van der Waals surface area contributed by atoms with Crippen molar-refractivity contribution in [2.75, 3.05) is 51.1 Å². The van der Waals surface area contributed by atoms with Crippen LogP contribution in [0.1, 0.15) is 37.9 Å². The van der Waals surface area contributed by atoms with Gasteiger partial charge >= 0.3 is 0 Å². The predicted octanol–water partition coefficient (Wildman–Crippen LogP) is 6.08. The van der Waals surface area contributed by atoms with Crippen molar-refractivity contribution in [1.82, 2.24) is 9.88 Å². The molecule has 1 aliphatic heterocycles. The number of halogens is 1. The molecule has 1 amide bonds. The first-order valence-corrected chi connectivity index (χ1v) is 14.2. The Labute approximate surface area is 246 Å². The third-order valence-electron chi connectivity index (χ3n) is 6.57. The van der Waals surface area contributed by atoms with Gasteiger partial charge in [-0.2, -0.15) is 5.26 Å². The second-order valence-corrected chi connectivity index (χ2v) is 10.3. The number of hydrogen-bond acceptors (Lipinski definition) is 8. The lowest BCUT2D eigenvalue weighted by atomic mass is 10.0. The van der Waals surface area contributed by atoms with Crippen LogP contribution in [-0.4, -0.2) is 62.4 Å². The molecule has 0 unspecified atom stereocenters. The van der Waals surface area contributed by atoms with E-state index in [1.807, 2.05) is 45.0 Å². The fourth-order valence-corrected chi connectivity index (χ4v) is 4.78. The molecule has 41 heavy (non-hydrogen) atoms. The maximum atomic E-state index is 12.7. The molecule has 0 spiro atoms. The standard InChI is InChI=1S/C31H36ClN5O4/c1-5-25-23(19-33)31(34-20-9-10-28(24(32)16-20)41-21-11-14-39-15-12-21)22-17-27(29(40-6-2)18-26(22)35-25)36-30(38)8-7-13-37(3)4/h7-10,16-18,21H,5-6,11-15H2,1-4H3,(H,34,35)(H,36,38)/b8-7+. The lowest BCUT2D eigenvalue weighted by Crippen LogP contribution is -2.25. The Morgan fingerprint density at radius 3 is 2.66 bits per heavy atom. The average molecular weight is 578 g/mol. The number of anilines is 3. The van der Waals surface area contributed by atoms with Crippen molar-refractivity contribution in [2.45, 2.75) is 39.2 Å². The number of nitrogens with one attached hydrogen (secondary N) is 2. The molecule has 1 aliphatic rings. The van der Waals surface area contributed by atoms with Crippen LogP contribution in [0, 0.1) is 11.3 Å². The Morgan fingerprint density at radius 2 is 2.00 bits per heavy atom. The highest BCUT2D eigenvalue weighted by Gasteiger charge is 2.20. The normalized spacial score (nSPS) is 13.9. The number of benzene rings is 2. The molecule has 0 aliphatic carbocycles. The molecular formula is C31H36ClN5O4. The zero-order valence-corrected chi connectivity index (χ0v) is 24.7. The number of fused-ring (bicyclic) bond motifs is 1. The minimum Gasteiger partial charge on any atom is -0.492 e. The van der Waals surface area contributed by atoms with Gasteiger partial charge in [0.25, 0.3) is 0 Å². The van der Waals surface area contributed by atoms with Gasteiger partial charge in [0.05, 0.1) is 53.0 Å². The van der Waals surface area contributed by atoms with Gasteiger partial charge < -0.3 is 29.7 Å². The maximum Gasteiger partial charge on any atom is 0.248 e. The van der Waals surface area contributed by atoms with Crippen molar-refractivity contribution >= 4 is 45.5 Å². The number of amides is 1. The second-order valence-electron chi connectivity index (χ2n) is 9.93. The van der Waals surface area contributed by atoms with Crippen molar-refractivity contribution < 1.29 is 19.0 Å². The highest BCUT2D eigenvalue weighted by molar-refractivity contribution is 6.32. The highest BCUT2D eigenvalue weighted by atomic mass is 35.5. The Kier molecular flexibility index (Phi) is 10.4. The molecule has 1 fully saturated rings. The molecular weight excluding hydrogens is 542 g/mol. The molecule has 3 aromatic rings. The number of aromatic nitrogens is 1. The van der Waals surface area contributed by atoms with Gasteiger partial charge in [-0.15, -0.1) is 0 Å². The van der Waals surface area contributed by atoms with E-state index in [0.29, 0.717) is 88.5 Å². The van der Waals surface area contributed by atoms with E-state index in [1.165, 1.54) is 6.08 Å². The number of hydrogen-bond donors (Lipinski definition) is 2. The van der Waals surface area contributed by atoms with Crippen molar-refractivity contribution in [3.8, 4) is 17.6 Å². The van der Waals surface area contributed by atoms with Crippen LogP contribution >= 0.6 is 11.6 Å². The van der Waals surface area contributed by atoms with Crippen LogP contribution in [0.15, 0.2) is 42.5 Å². The summed E-state index contributed by atoms with van der Waals surface area (Å²) in [6.45, 7) is 6.22. The molecule has 9 nitrogen and oxygen atoms in total. The van der Waals surface area contributed by atoms with Gasteiger partial charge in [0.15, 0.2) is 0 Å². The van der Waals surface area contributed by atoms with E-state index in [2.05, 4.69) is 16.7 Å². The van der Waals surface area contributed by atoms with Crippen molar-refractivity contribution in [3.63, 3.8) is 0 Å². The summed E-state index contributed by atoms with van der Waals surface area (Å²) in [4.78, 5) is 19.4. The van der Waals surface area contributed by atoms with E-state index in [1.54, 1.807) is 24.3 Å². The second kappa shape index (κ2) is 14.2. The first-order valence-electron chi connectivity index (χ1n) is 13.8. The molecule has 0 saturated carbocycles. The lowest BCUT2D eigenvalue weighted by molar-refractivity contribution is -0.111. The number of carbonyl (C=O) groups is 1.